The first-order valence-electron chi connectivity index (χ1n) is 6.80. The van der Waals surface area contributed by atoms with Gasteiger partial charge in [-0.05, 0) is 19.1 Å². The zero-order chi connectivity index (χ0) is 17.1. The van der Waals surface area contributed by atoms with E-state index in [1.54, 1.807) is 12.5 Å². The first-order valence-corrected chi connectivity index (χ1v) is 6.80. The van der Waals surface area contributed by atoms with Crippen molar-refractivity contribution in [3.05, 3.63) is 43.0 Å². The molecule has 0 spiro atoms. The Hall–Kier alpha value is -3.03. The summed E-state index contributed by atoms with van der Waals surface area (Å²) in [5, 5.41) is 14.8. The molecule has 0 saturated heterocycles. The highest BCUT2D eigenvalue weighted by Gasteiger charge is 2.04. The van der Waals surface area contributed by atoms with Crippen molar-refractivity contribution in [3.63, 3.8) is 0 Å². The lowest BCUT2D eigenvalue weighted by atomic mass is 10.3. The zero-order valence-corrected chi connectivity index (χ0v) is 12.6. The number of nitrogens with zero attached hydrogens (tertiary/aromatic N) is 2. The number of carboxylic acid groups (broad SMARTS) is 2. The van der Waals surface area contributed by atoms with Crippen LogP contribution in [0.25, 0.3) is 0 Å². The highest BCUT2D eigenvalue weighted by atomic mass is 16.5. The van der Waals surface area contributed by atoms with E-state index in [1.807, 2.05) is 42.0 Å². The second-order valence-electron chi connectivity index (χ2n) is 4.17. The normalized spacial score (nSPS) is 9.43. The minimum absolute atomic E-state index is 0.617. The average Bonchev–Trinajstić information content (AvgIpc) is 3.02. The summed E-state index contributed by atoms with van der Waals surface area (Å²) in [4.78, 5) is 22.2. The molecule has 1 heterocycles. The Kier molecular flexibility index (Phi) is 7.70. The minimum atomic E-state index is -1.82. The van der Waals surface area contributed by atoms with Gasteiger partial charge in [0.05, 0.1) is 19.5 Å². The van der Waals surface area contributed by atoms with Gasteiger partial charge in [0, 0.05) is 18.5 Å². The van der Waals surface area contributed by atoms with Crippen LogP contribution < -0.4 is 9.47 Å². The quantitative estimate of drug-likeness (QED) is 0.775. The van der Waals surface area contributed by atoms with Crippen molar-refractivity contribution in [2.45, 2.75) is 13.5 Å². The number of carboxylic acids is 2. The predicted octanol–water partition coefficient (Wildman–Crippen LogP) is 1.52. The smallest absolute Gasteiger partial charge is 0.414 e. The van der Waals surface area contributed by atoms with Crippen LogP contribution in [0.2, 0.25) is 0 Å². The second kappa shape index (κ2) is 9.82. The fourth-order valence-corrected chi connectivity index (χ4v) is 1.51. The molecule has 0 radical (unpaired) electrons. The van der Waals surface area contributed by atoms with Gasteiger partial charge >= 0.3 is 11.9 Å². The van der Waals surface area contributed by atoms with Crippen LogP contribution in [0.5, 0.6) is 11.5 Å². The van der Waals surface area contributed by atoms with E-state index in [2.05, 4.69) is 4.98 Å². The molecule has 23 heavy (non-hydrogen) atoms. The number of hydrogen-bond donors (Lipinski definition) is 2. The third-order valence-electron chi connectivity index (χ3n) is 2.48. The van der Waals surface area contributed by atoms with Gasteiger partial charge in [-0.25, -0.2) is 14.6 Å². The lowest BCUT2D eigenvalue weighted by molar-refractivity contribution is -0.159. The number of benzene rings is 1. The maximum absolute atomic E-state index is 9.10. The van der Waals surface area contributed by atoms with Crippen LogP contribution in [0.4, 0.5) is 0 Å². The number of aromatic nitrogens is 2. The number of rotatable bonds is 6. The van der Waals surface area contributed by atoms with Crippen LogP contribution in [-0.4, -0.2) is 44.9 Å². The van der Waals surface area contributed by atoms with Gasteiger partial charge in [-0.1, -0.05) is 6.07 Å². The summed E-state index contributed by atoms with van der Waals surface area (Å²) in [5.41, 5.74) is 0. The molecule has 8 heteroatoms. The van der Waals surface area contributed by atoms with Gasteiger partial charge in [-0.2, -0.15) is 0 Å². The van der Waals surface area contributed by atoms with E-state index >= 15 is 0 Å². The number of carbonyl (C=O) groups is 2. The summed E-state index contributed by atoms with van der Waals surface area (Å²) in [6, 6.07) is 7.68. The summed E-state index contributed by atoms with van der Waals surface area (Å²) in [5.74, 6) is -1.98. The third-order valence-corrected chi connectivity index (χ3v) is 2.48. The van der Waals surface area contributed by atoms with Crippen LogP contribution in [0.1, 0.15) is 6.92 Å². The van der Waals surface area contributed by atoms with Gasteiger partial charge in [0.25, 0.3) is 0 Å². The van der Waals surface area contributed by atoms with Gasteiger partial charge in [0.2, 0.25) is 0 Å². The fraction of sp³-hybridized carbons (Fsp3) is 0.267. The van der Waals surface area contributed by atoms with E-state index in [-0.39, 0.29) is 0 Å². The second-order valence-corrected chi connectivity index (χ2v) is 4.17. The molecule has 0 bridgehead atoms. The first kappa shape index (κ1) is 18.0. The topological polar surface area (TPSA) is 111 Å². The lowest BCUT2D eigenvalue weighted by Gasteiger charge is -2.08. The molecule has 0 aliphatic rings. The molecule has 1 aromatic heterocycles. The van der Waals surface area contributed by atoms with Crippen LogP contribution in [0.15, 0.2) is 43.0 Å². The van der Waals surface area contributed by atoms with Crippen LogP contribution in [0.3, 0.4) is 0 Å². The van der Waals surface area contributed by atoms with Gasteiger partial charge in [0.15, 0.2) is 0 Å². The van der Waals surface area contributed by atoms with Crippen LogP contribution in [0, 0.1) is 0 Å². The Labute approximate surface area is 132 Å². The van der Waals surface area contributed by atoms with Gasteiger partial charge in [0.1, 0.15) is 18.1 Å². The summed E-state index contributed by atoms with van der Waals surface area (Å²) in [7, 11) is 0. The third kappa shape index (κ3) is 7.51. The first-order chi connectivity index (χ1) is 11.0. The molecule has 0 atom stereocenters. The van der Waals surface area contributed by atoms with Gasteiger partial charge in [-0.15, -0.1) is 0 Å². The van der Waals surface area contributed by atoms with E-state index in [0.717, 1.165) is 18.0 Å². The molecular weight excluding hydrogens is 304 g/mol. The Morgan fingerprint density at radius 2 is 1.83 bits per heavy atom. The Morgan fingerprint density at radius 3 is 2.35 bits per heavy atom. The molecule has 2 N–H and O–H groups in total. The van der Waals surface area contributed by atoms with Crippen molar-refractivity contribution in [2.75, 3.05) is 13.2 Å². The molecule has 0 aliphatic carbocycles. The number of ether oxygens (including phenoxy) is 2. The van der Waals surface area contributed by atoms with E-state index in [9.17, 15) is 0 Å². The zero-order valence-electron chi connectivity index (χ0n) is 12.6. The van der Waals surface area contributed by atoms with E-state index in [1.165, 1.54) is 0 Å². The fourth-order valence-electron chi connectivity index (χ4n) is 1.51. The largest absolute Gasteiger partial charge is 0.494 e. The van der Waals surface area contributed by atoms with Crippen molar-refractivity contribution in [1.82, 2.24) is 9.55 Å². The Balaban J connectivity index is 0.000000379. The van der Waals surface area contributed by atoms with E-state index < -0.39 is 11.9 Å². The Bertz CT molecular complexity index is 600. The van der Waals surface area contributed by atoms with E-state index in [0.29, 0.717) is 13.2 Å². The summed E-state index contributed by atoms with van der Waals surface area (Å²) >= 11 is 0. The van der Waals surface area contributed by atoms with Crippen LogP contribution >= 0.6 is 0 Å². The van der Waals surface area contributed by atoms with Crippen molar-refractivity contribution in [2.24, 2.45) is 0 Å². The number of imidazole rings is 1. The number of aliphatic carboxylic acids is 2. The monoisotopic (exact) mass is 322 g/mol. The van der Waals surface area contributed by atoms with Gasteiger partial charge < -0.3 is 24.3 Å². The van der Waals surface area contributed by atoms with Crippen molar-refractivity contribution >= 4 is 11.9 Å². The van der Waals surface area contributed by atoms with Crippen molar-refractivity contribution in [1.29, 1.82) is 0 Å². The average molecular weight is 322 g/mol. The lowest BCUT2D eigenvalue weighted by Crippen LogP contribution is -2.09. The standard InChI is InChI=1S/C13H16N2O2.C2H2O4/c1-2-16-12-4-3-5-13(10-12)17-9-8-15-7-6-14-11-15;3-1(4)2(5)6/h3-7,10-11H,2,8-9H2,1H3;(H,3,4)(H,5,6). The van der Waals surface area contributed by atoms with Crippen LogP contribution in [-0.2, 0) is 16.1 Å². The molecule has 2 aromatic rings. The number of hydrogen-bond acceptors (Lipinski definition) is 5. The Morgan fingerprint density at radius 1 is 1.17 bits per heavy atom. The molecule has 124 valence electrons. The molecule has 0 amide bonds. The molecule has 0 aliphatic heterocycles. The SMILES string of the molecule is CCOc1cccc(OCCn2ccnc2)c1.O=C(O)C(=O)O. The highest BCUT2D eigenvalue weighted by Crippen LogP contribution is 2.19. The van der Waals surface area contributed by atoms with Crippen molar-refractivity contribution < 1.29 is 29.3 Å². The molecule has 1 aromatic carbocycles. The minimum Gasteiger partial charge on any atom is -0.494 e. The molecule has 2 rings (SSSR count). The molecule has 0 fully saturated rings. The predicted molar refractivity (Wildman–Crippen MR) is 80.6 cm³/mol. The molecule has 8 nitrogen and oxygen atoms in total. The summed E-state index contributed by atoms with van der Waals surface area (Å²) in [6.07, 6.45) is 5.45. The summed E-state index contributed by atoms with van der Waals surface area (Å²) in [6.45, 7) is 4.04. The van der Waals surface area contributed by atoms with E-state index in [4.69, 9.17) is 29.3 Å². The van der Waals surface area contributed by atoms with Gasteiger partial charge in [-0.3, -0.25) is 0 Å². The molecule has 0 unspecified atom stereocenters. The maximum atomic E-state index is 9.10. The highest BCUT2D eigenvalue weighted by molar-refractivity contribution is 6.27. The van der Waals surface area contributed by atoms with Crippen molar-refractivity contribution in [3.8, 4) is 11.5 Å². The summed E-state index contributed by atoms with van der Waals surface area (Å²) < 4.78 is 13.0. The molecule has 0 saturated carbocycles. The maximum Gasteiger partial charge on any atom is 0.414 e. The molecular formula is C15H18N2O6.